The number of morpholine rings is 1. The number of nitrogens with zero attached hydrogens (tertiary/aromatic N) is 3. The van der Waals surface area contributed by atoms with Gasteiger partial charge in [-0.1, -0.05) is 0 Å². The molecule has 8 nitrogen and oxygen atoms in total. The fourth-order valence-electron chi connectivity index (χ4n) is 4.69. The van der Waals surface area contributed by atoms with Crippen LogP contribution in [0, 0.1) is 5.92 Å². The third-order valence-electron chi connectivity index (χ3n) is 6.47. The highest BCUT2D eigenvalue weighted by molar-refractivity contribution is 5.85. The molecule has 0 spiro atoms. The van der Waals surface area contributed by atoms with Gasteiger partial charge in [0.1, 0.15) is 5.82 Å². The average molecular weight is 429 g/mol. The first-order chi connectivity index (χ1) is 15.3. The summed E-state index contributed by atoms with van der Waals surface area (Å²) in [6.45, 7) is 8.70. The molecule has 3 aliphatic heterocycles. The van der Waals surface area contributed by atoms with Crippen LogP contribution < -0.4 is 19.7 Å². The highest BCUT2D eigenvalue weighted by Crippen LogP contribution is 2.37. The van der Waals surface area contributed by atoms with Gasteiger partial charge in [-0.15, -0.1) is 0 Å². The first kappa shape index (κ1) is 20.8. The van der Waals surface area contributed by atoms with Crippen LogP contribution in [0.5, 0.6) is 11.5 Å². The Labute approximate surface area is 183 Å². The van der Waals surface area contributed by atoms with Crippen molar-refractivity contribution in [2.24, 2.45) is 5.92 Å². The normalized spacial score (nSPS) is 21.7. The van der Waals surface area contributed by atoms with Crippen LogP contribution in [0.1, 0.15) is 18.4 Å². The molecule has 2 saturated heterocycles. The average Bonchev–Trinajstić information content (AvgIpc) is 3.28. The number of aromatic nitrogens is 1. The van der Waals surface area contributed by atoms with Gasteiger partial charge in [0.2, 0.25) is 6.79 Å². The zero-order chi connectivity index (χ0) is 21.0. The van der Waals surface area contributed by atoms with Crippen LogP contribution in [0.4, 0.5) is 5.82 Å². The van der Waals surface area contributed by atoms with E-state index >= 15 is 0 Å². The van der Waals surface area contributed by atoms with Gasteiger partial charge < -0.3 is 29.5 Å². The number of rotatable bonds is 7. The zero-order valence-electron chi connectivity index (χ0n) is 18.0. The van der Waals surface area contributed by atoms with Gasteiger partial charge in [-0.2, -0.15) is 0 Å². The van der Waals surface area contributed by atoms with E-state index in [4.69, 9.17) is 19.2 Å². The van der Waals surface area contributed by atoms with Crippen LogP contribution in [0.25, 0.3) is 10.9 Å². The highest BCUT2D eigenvalue weighted by atomic mass is 16.7. The molecule has 31 heavy (non-hydrogen) atoms. The number of benzene rings is 1. The predicted molar refractivity (Wildman–Crippen MR) is 119 cm³/mol. The summed E-state index contributed by atoms with van der Waals surface area (Å²) in [6.07, 6.45) is 2.16. The Morgan fingerprint density at radius 3 is 2.77 bits per heavy atom. The smallest absolute Gasteiger partial charge is 0.231 e. The maximum Gasteiger partial charge on any atom is 0.231 e. The summed E-state index contributed by atoms with van der Waals surface area (Å²) in [5, 5.41) is 14.4. The Morgan fingerprint density at radius 1 is 1.10 bits per heavy atom. The molecule has 1 atom stereocenters. The van der Waals surface area contributed by atoms with Gasteiger partial charge in [0.15, 0.2) is 11.5 Å². The number of ether oxygens (including phenoxy) is 3. The molecule has 5 rings (SSSR count). The molecule has 8 heteroatoms. The molecule has 3 aliphatic rings. The largest absolute Gasteiger partial charge is 0.454 e. The van der Waals surface area contributed by atoms with Crippen molar-refractivity contribution in [3.8, 4) is 11.5 Å². The first-order valence-corrected chi connectivity index (χ1v) is 11.4. The van der Waals surface area contributed by atoms with Gasteiger partial charge in [-0.25, -0.2) is 4.98 Å². The third-order valence-corrected chi connectivity index (χ3v) is 6.47. The molecule has 168 valence electrons. The molecule has 0 amide bonds. The highest BCUT2D eigenvalue weighted by Gasteiger charge is 2.24. The minimum atomic E-state index is 0.232. The summed E-state index contributed by atoms with van der Waals surface area (Å²) in [6, 6.07) is 6.23. The van der Waals surface area contributed by atoms with E-state index in [0.29, 0.717) is 5.92 Å². The lowest BCUT2D eigenvalue weighted by Crippen LogP contribution is -2.40. The second kappa shape index (κ2) is 9.56. The number of piperidine rings is 1. The maximum atomic E-state index is 9.70. The third kappa shape index (κ3) is 4.72. The molecule has 0 aliphatic carbocycles. The lowest BCUT2D eigenvalue weighted by atomic mass is 9.98. The number of hydrogen-bond acceptors (Lipinski definition) is 8. The summed E-state index contributed by atoms with van der Waals surface area (Å²) < 4.78 is 16.6. The van der Waals surface area contributed by atoms with E-state index < -0.39 is 0 Å². The first-order valence-electron chi connectivity index (χ1n) is 11.4. The topological polar surface area (TPSA) is 79.3 Å². The van der Waals surface area contributed by atoms with Crippen molar-refractivity contribution in [3.63, 3.8) is 0 Å². The van der Waals surface area contributed by atoms with Crippen LogP contribution in [-0.4, -0.2) is 80.9 Å². The van der Waals surface area contributed by atoms with Gasteiger partial charge in [-0.3, -0.25) is 4.90 Å². The fourth-order valence-corrected chi connectivity index (χ4v) is 4.69. The van der Waals surface area contributed by atoms with E-state index in [2.05, 4.69) is 21.2 Å². The van der Waals surface area contributed by atoms with Crippen LogP contribution in [0.2, 0.25) is 0 Å². The molecule has 4 heterocycles. The Bertz CT molecular complexity index is 903. The molecule has 0 saturated carbocycles. The summed E-state index contributed by atoms with van der Waals surface area (Å²) in [5.74, 6) is 2.87. The van der Waals surface area contributed by atoms with Crippen LogP contribution in [0.3, 0.4) is 0 Å². The fraction of sp³-hybridized carbons (Fsp3) is 0.609. The molecule has 2 N–H and O–H groups in total. The molecule has 1 aromatic heterocycles. The van der Waals surface area contributed by atoms with E-state index in [1.807, 2.05) is 12.1 Å². The number of aliphatic hydroxyl groups excluding tert-OH is 1. The molecule has 1 aromatic carbocycles. The van der Waals surface area contributed by atoms with Gasteiger partial charge >= 0.3 is 0 Å². The second-order valence-corrected chi connectivity index (χ2v) is 8.64. The molecule has 2 aromatic rings. The van der Waals surface area contributed by atoms with Crippen molar-refractivity contribution >= 4 is 16.7 Å². The lowest BCUT2D eigenvalue weighted by molar-refractivity contribution is 0.0384. The zero-order valence-corrected chi connectivity index (χ0v) is 18.0. The van der Waals surface area contributed by atoms with Crippen molar-refractivity contribution < 1.29 is 19.3 Å². The van der Waals surface area contributed by atoms with Crippen LogP contribution >= 0.6 is 0 Å². The molecule has 0 bridgehead atoms. The number of anilines is 1. The Balaban J connectivity index is 1.36. The van der Waals surface area contributed by atoms with Gasteiger partial charge in [0.05, 0.1) is 18.7 Å². The summed E-state index contributed by atoms with van der Waals surface area (Å²) in [5.41, 5.74) is 2.11. The van der Waals surface area contributed by atoms with Crippen molar-refractivity contribution in [2.75, 3.05) is 70.8 Å². The van der Waals surface area contributed by atoms with E-state index in [1.165, 1.54) is 5.56 Å². The standard InChI is InChI=1S/C23H32N4O4/c28-15-17-2-1-4-27(14-17)23-19(13-24-3-5-26-6-8-29-9-7-26)10-18-11-21-22(31-16-30-21)12-20(18)25-23/h10-12,17,24,28H,1-9,13-16H2. The van der Waals surface area contributed by atoms with E-state index in [0.717, 1.165) is 100 Å². The van der Waals surface area contributed by atoms with Gasteiger partial charge in [-0.05, 0) is 30.9 Å². The van der Waals surface area contributed by atoms with E-state index in [9.17, 15) is 5.11 Å². The maximum absolute atomic E-state index is 9.70. The quantitative estimate of drug-likeness (QED) is 0.644. The predicted octanol–water partition coefficient (Wildman–Crippen LogP) is 1.59. The molecule has 0 radical (unpaired) electrons. The summed E-state index contributed by atoms with van der Waals surface area (Å²) in [7, 11) is 0. The van der Waals surface area contributed by atoms with Crippen LogP contribution in [-0.2, 0) is 11.3 Å². The van der Waals surface area contributed by atoms with Crippen molar-refractivity contribution in [1.82, 2.24) is 15.2 Å². The van der Waals surface area contributed by atoms with Crippen molar-refractivity contribution in [2.45, 2.75) is 19.4 Å². The number of aliphatic hydroxyl groups is 1. The van der Waals surface area contributed by atoms with Crippen molar-refractivity contribution in [1.29, 1.82) is 0 Å². The summed E-state index contributed by atoms with van der Waals surface area (Å²) in [4.78, 5) is 9.83. The summed E-state index contributed by atoms with van der Waals surface area (Å²) >= 11 is 0. The molecule has 2 fully saturated rings. The molecular weight excluding hydrogens is 396 g/mol. The van der Waals surface area contributed by atoms with Crippen molar-refractivity contribution in [3.05, 3.63) is 23.8 Å². The van der Waals surface area contributed by atoms with Crippen LogP contribution in [0.15, 0.2) is 18.2 Å². The van der Waals surface area contributed by atoms with E-state index in [1.54, 1.807) is 0 Å². The minimum absolute atomic E-state index is 0.232. The Kier molecular flexibility index (Phi) is 6.40. The molecule has 1 unspecified atom stereocenters. The Hall–Kier alpha value is -2.13. The van der Waals surface area contributed by atoms with Gasteiger partial charge in [0, 0.05) is 69.4 Å². The lowest BCUT2D eigenvalue weighted by Gasteiger charge is -2.34. The van der Waals surface area contributed by atoms with Gasteiger partial charge in [0.25, 0.3) is 0 Å². The number of hydrogen-bond donors (Lipinski definition) is 2. The monoisotopic (exact) mass is 428 g/mol. The number of pyridine rings is 1. The molecular formula is C23H32N4O4. The SMILES string of the molecule is OCC1CCCN(c2nc3cc4c(cc3cc2CNCCN2CCOCC2)OCO4)C1. The minimum Gasteiger partial charge on any atom is -0.454 e. The number of nitrogens with one attached hydrogen (secondary N) is 1. The second-order valence-electron chi connectivity index (χ2n) is 8.64. The Morgan fingerprint density at radius 2 is 1.94 bits per heavy atom. The van der Waals surface area contributed by atoms with E-state index in [-0.39, 0.29) is 13.4 Å². The number of fused-ring (bicyclic) bond motifs is 2.